The van der Waals surface area contributed by atoms with Crippen molar-refractivity contribution in [3.63, 3.8) is 0 Å². The van der Waals surface area contributed by atoms with Crippen LogP contribution in [-0.4, -0.2) is 4.57 Å². The second-order valence-corrected chi connectivity index (χ2v) is 5.53. The van der Waals surface area contributed by atoms with Gasteiger partial charge in [-0.15, -0.1) is 0 Å². The molecular formula is C16H13Cl2N. The van der Waals surface area contributed by atoms with Gasteiger partial charge in [-0.05, 0) is 36.2 Å². The summed E-state index contributed by atoms with van der Waals surface area (Å²) in [7, 11) is 0. The Kier molecular flexibility index (Phi) is 3.26. The topological polar surface area (TPSA) is 4.93 Å². The van der Waals surface area contributed by atoms with Gasteiger partial charge >= 0.3 is 0 Å². The first kappa shape index (κ1) is 12.6. The van der Waals surface area contributed by atoms with E-state index in [9.17, 15) is 0 Å². The van der Waals surface area contributed by atoms with Gasteiger partial charge in [0.2, 0.25) is 0 Å². The molecule has 1 aromatic heterocycles. The minimum Gasteiger partial charge on any atom is -0.343 e. The number of benzene rings is 2. The maximum absolute atomic E-state index is 6.21. The highest BCUT2D eigenvalue weighted by Crippen LogP contribution is 2.29. The third kappa shape index (κ3) is 2.36. The van der Waals surface area contributed by atoms with Crippen LogP contribution in [0.3, 0.4) is 0 Å². The Morgan fingerprint density at radius 1 is 1.05 bits per heavy atom. The van der Waals surface area contributed by atoms with Gasteiger partial charge in [0.15, 0.2) is 0 Å². The van der Waals surface area contributed by atoms with Crippen molar-refractivity contribution in [1.82, 2.24) is 4.57 Å². The number of aryl methyl sites for hydroxylation is 1. The molecule has 1 nitrogen and oxygen atoms in total. The first-order valence-corrected chi connectivity index (χ1v) is 6.89. The van der Waals surface area contributed by atoms with Gasteiger partial charge in [0, 0.05) is 23.2 Å². The smallest absolute Gasteiger partial charge is 0.0514 e. The average Bonchev–Trinajstić information content (AvgIpc) is 2.76. The van der Waals surface area contributed by atoms with E-state index in [1.54, 1.807) is 6.07 Å². The molecule has 0 saturated carbocycles. The molecule has 3 rings (SSSR count). The number of fused-ring (bicyclic) bond motifs is 1. The highest BCUT2D eigenvalue weighted by molar-refractivity contribution is 6.38. The van der Waals surface area contributed by atoms with Crippen molar-refractivity contribution in [3.05, 3.63) is 69.8 Å². The van der Waals surface area contributed by atoms with E-state index in [1.165, 1.54) is 11.1 Å². The average molecular weight is 290 g/mol. The van der Waals surface area contributed by atoms with Crippen LogP contribution in [0, 0.1) is 6.92 Å². The number of hydrogen-bond donors (Lipinski definition) is 0. The van der Waals surface area contributed by atoms with Crippen molar-refractivity contribution < 1.29 is 0 Å². The Hall–Kier alpha value is -1.44. The van der Waals surface area contributed by atoms with Crippen molar-refractivity contribution in [2.45, 2.75) is 13.5 Å². The summed E-state index contributed by atoms with van der Waals surface area (Å²) < 4.78 is 2.18. The fourth-order valence-electron chi connectivity index (χ4n) is 2.33. The van der Waals surface area contributed by atoms with E-state index in [2.05, 4.69) is 42.0 Å². The lowest BCUT2D eigenvalue weighted by Gasteiger charge is -2.09. The number of rotatable bonds is 2. The SMILES string of the molecule is Cc1ccccc1Cn1ccc2c(Cl)cc(Cl)cc21. The minimum atomic E-state index is 0.669. The highest BCUT2D eigenvalue weighted by Gasteiger charge is 2.07. The lowest BCUT2D eigenvalue weighted by molar-refractivity contribution is 0.830. The molecule has 0 unspecified atom stereocenters. The normalized spacial score (nSPS) is 11.1. The third-order valence-electron chi connectivity index (χ3n) is 3.40. The summed E-state index contributed by atoms with van der Waals surface area (Å²) in [6.45, 7) is 2.95. The summed E-state index contributed by atoms with van der Waals surface area (Å²) in [5, 5.41) is 2.41. The summed E-state index contributed by atoms with van der Waals surface area (Å²) in [5.41, 5.74) is 3.66. The van der Waals surface area contributed by atoms with Crippen LogP contribution in [0.25, 0.3) is 10.9 Å². The number of nitrogens with zero attached hydrogens (tertiary/aromatic N) is 1. The van der Waals surface area contributed by atoms with E-state index in [0.29, 0.717) is 10.0 Å². The molecule has 0 bridgehead atoms. The first-order valence-electron chi connectivity index (χ1n) is 6.13. The molecule has 96 valence electrons. The molecule has 0 atom stereocenters. The molecule has 0 radical (unpaired) electrons. The van der Waals surface area contributed by atoms with Crippen LogP contribution in [0.15, 0.2) is 48.7 Å². The Bertz CT molecular complexity index is 744. The van der Waals surface area contributed by atoms with Crippen molar-refractivity contribution in [1.29, 1.82) is 0 Å². The molecular weight excluding hydrogens is 277 g/mol. The molecule has 3 aromatic rings. The Labute approximate surface area is 122 Å². The Morgan fingerprint density at radius 3 is 2.63 bits per heavy atom. The molecule has 0 saturated heterocycles. The van der Waals surface area contributed by atoms with Crippen LogP contribution in [0.5, 0.6) is 0 Å². The molecule has 2 aromatic carbocycles. The van der Waals surface area contributed by atoms with Crippen LogP contribution in [-0.2, 0) is 6.54 Å². The lowest BCUT2D eigenvalue weighted by atomic mass is 10.1. The quantitative estimate of drug-likeness (QED) is 0.603. The van der Waals surface area contributed by atoms with Crippen molar-refractivity contribution in [2.75, 3.05) is 0 Å². The third-order valence-corrected chi connectivity index (χ3v) is 3.94. The van der Waals surface area contributed by atoms with Gasteiger partial charge in [-0.3, -0.25) is 0 Å². The zero-order valence-electron chi connectivity index (χ0n) is 10.5. The van der Waals surface area contributed by atoms with Gasteiger partial charge in [-0.2, -0.15) is 0 Å². The summed E-state index contributed by atoms with van der Waals surface area (Å²) in [4.78, 5) is 0. The van der Waals surface area contributed by atoms with Crippen LogP contribution in [0.1, 0.15) is 11.1 Å². The molecule has 0 aliphatic rings. The van der Waals surface area contributed by atoms with Crippen LogP contribution >= 0.6 is 23.2 Å². The van der Waals surface area contributed by atoms with Gasteiger partial charge in [-0.1, -0.05) is 47.5 Å². The fraction of sp³-hybridized carbons (Fsp3) is 0.125. The van der Waals surface area contributed by atoms with Crippen LogP contribution < -0.4 is 0 Å². The second kappa shape index (κ2) is 4.92. The van der Waals surface area contributed by atoms with Gasteiger partial charge in [0.1, 0.15) is 0 Å². The first-order chi connectivity index (χ1) is 9.15. The summed E-state index contributed by atoms with van der Waals surface area (Å²) >= 11 is 12.3. The second-order valence-electron chi connectivity index (χ2n) is 4.69. The molecule has 0 amide bonds. The summed E-state index contributed by atoms with van der Waals surface area (Å²) in [6.07, 6.45) is 2.05. The molecule has 19 heavy (non-hydrogen) atoms. The van der Waals surface area contributed by atoms with Gasteiger partial charge in [0.05, 0.1) is 10.5 Å². The van der Waals surface area contributed by atoms with Gasteiger partial charge < -0.3 is 4.57 Å². The monoisotopic (exact) mass is 289 g/mol. The number of aromatic nitrogens is 1. The standard InChI is InChI=1S/C16H13Cl2N/c1-11-4-2-3-5-12(11)10-19-7-6-14-15(18)8-13(17)9-16(14)19/h2-9H,10H2,1H3. The lowest BCUT2D eigenvalue weighted by Crippen LogP contribution is -1.99. The molecule has 0 fully saturated rings. The summed E-state index contributed by atoms with van der Waals surface area (Å²) in [6, 6.07) is 14.2. The Balaban J connectivity index is 2.09. The van der Waals surface area contributed by atoms with Crippen LogP contribution in [0.2, 0.25) is 10.0 Å². The zero-order chi connectivity index (χ0) is 13.4. The van der Waals surface area contributed by atoms with Crippen LogP contribution in [0.4, 0.5) is 0 Å². The molecule has 0 aliphatic heterocycles. The zero-order valence-corrected chi connectivity index (χ0v) is 12.0. The van der Waals surface area contributed by atoms with Crippen molar-refractivity contribution >= 4 is 34.1 Å². The maximum Gasteiger partial charge on any atom is 0.0514 e. The van der Waals surface area contributed by atoms with Gasteiger partial charge in [-0.25, -0.2) is 0 Å². The van der Waals surface area contributed by atoms with E-state index in [1.807, 2.05) is 12.1 Å². The summed E-state index contributed by atoms with van der Waals surface area (Å²) in [5.74, 6) is 0. The fourth-order valence-corrected chi connectivity index (χ4v) is 2.87. The largest absolute Gasteiger partial charge is 0.343 e. The predicted octanol–water partition coefficient (Wildman–Crippen LogP) is 5.30. The molecule has 0 spiro atoms. The van der Waals surface area contributed by atoms with E-state index in [0.717, 1.165) is 17.4 Å². The van der Waals surface area contributed by atoms with E-state index >= 15 is 0 Å². The van der Waals surface area contributed by atoms with E-state index in [-0.39, 0.29) is 0 Å². The number of hydrogen-bond acceptors (Lipinski definition) is 0. The van der Waals surface area contributed by atoms with E-state index < -0.39 is 0 Å². The highest BCUT2D eigenvalue weighted by atomic mass is 35.5. The molecule has 1 heterocycles. The molecule has 0 N–H and O–H groups in total. The van der Waals surface area contributed by atoms with Gasteiger partial charge in [0.25, 0.3) is 0 Å². The Morgan fingerprint density at radius 2 is 1.84 bits per heavy atom. The van der Waals surface area contributed by atoms with Crippen molar-refractivity contribution in [2.24, 2.45) is 0 Å². The van der Waals surface area contributed by atoms with Crippen molar-refractivity contribution in [3.8, 4) is 0 Å². The predicted molar refractivity (Wildman–Crippen MR) is 82.2 cm³/mol. The molecule has 3 heteroatoms. The number of halogens is 2. The maximum atomic E-state index is 6.21. The molecule has 0 aliphatic carbocycles. The minimum absolute atomic E-state index is 0.669. The van der Waals surface area contributed by atoms with E-state index in [4.69, 9.17) is 23.2 Å².